The van der Waals surface area contributed by atoms with Crippen LogP contribution in [0.3, 0.4) is 0 Å². The number of hydrogen-bond donors (Lipinski definition) is 4. The molecule has 54 heavy (non-hydrogen) atoms. The van der Waals surface area contributed by atoms with Crippen molar-refractivity contribution in [1.82, 2.24) is 26.2 Å². The van der Waals surface area contributed by atoms with Crippen LogP contribution in [0.4, 0.5) is 4.79 Å². The molecule has 1 spiro atoms. The molecule has 2 saturated heterocycles. The number of amides is 5. The molecule has 0 aliphatic carbocycles. The highest BCUT2D eigenvalue weighted by molar-refractivity contribution is 8.18. The fourth-order valence-electron chi connectivity index (χ4n) is 6.44. The van der Waals surface area contributed by atoms with Crippen LogP contribution >= 0.6 is 23.5 Å². The molecule has 12 nitrogen and oxygen atoms in total. The van der Waals surface area contributed by atoms with Crippen LogP contribution in [0.5, 0.6) is 0 Å². The zero-order valence-electron chi connectivity index (χ0n) is 32.1. The van der Waals surface area contributed by atoms with E-state index in [-0.39, 0.29) is 25.5 Å². The van der Waals surface area contributed by atoms with Crippen molar-refractivity contribution in [3.05, 3.63) is 71.8 Å². The second-order valence-corrected chi connectivity index (χ2v) is 18.5. The van der Waals surface area contributed by atoms with Crippen LogP contribution < -0.4 is 21.3 Å². The van der Waals surface area contributed by atoms with Crippen molar-refractivity contribution in [2.75, 3.05) is 31.2 Å². The summed E-state index contributed by atoms with van der Waals surface area (Å²) in [6.07, 6.45) is 1.31. The fraction of sp³-hybridized carbons (Fsp3) is 0.550. The summed E-state index contributed by atoms with van der Waals surface area (Å²) >= 11 is 3.44. The summed E-state index contributed by atoms with van der Waals surface area (Å²) in [6, 6.07) is 15.3. The summed E-state index contributed by atoms with van der Waals surface area (Å²) in [6.45, 7) is 11.2. The van der Waals surface area contributed by atoms with Gasteiger partial charge in [0.2, 0.25) is 23.5 Å². The highest BCUT2D eigenvalue weighted by atomic mass is 32.2. The predicted molar refractivity (Wildman–Crippen MR) is 213 cm³/mol. The fourth-order valence-corrected chi connectivity index (χ4v) is 9.79. The Hall–Kier alpha value is -4.04. The van der Waals surface area contributed by atoms with Gasteiger partial charge >= 0.3 is 6.09 Å². The van der Waals surface area contributed by atoms with Crippen LogP contribution in [0, 0.1) is 11.3 Å². The van der Waals surface area contributed by atoms with Crippen molar-refractivity contribution in [1.29, 1.82) is 0 Å². The third-order valence-corrected chi connectivity index (χ3v) is 12.6. The minimum atomic E-state index is -1.17. The van der Waals surface area contributed by atoms with Crippen LogP contribution in [-0.2, 0) is 28.7 Å². The Morgan fingerprint density at radius 2 is 1.48 bits per heavy atom. The molecule has 2 fully saturated rings. The molecule has 3 atom stereocenters. The number of ketones is 1. The summed E-state index contributed by atoms with van der Waals surface area (Å²) in [7, 11) is 0. The third-order valence-electron chi connectivity index (χ3n) is 9.23. The number of nitrogens with one attached hydrogen (secondary N) is 4. The molecule has 14 heteroatoms. The Morgan fingerprint density at radius 3 is 2.02 bits per heavy atom. The van der Waals surface area contributed by atoms with Crippen LogP contribution in [0.25, 0.3) is 0 Å². The number of carbonyl (C=O) groups excluding carboxylic acids is 6. The maximum atomic E-state index is 14.4. The molecule has 0 saturated carbocycles. The zero-order valence-corrected chi connectivity index (χ0v) is 33.8. The van der Waals surface area contributed by atoms with E-state index in [0.717, 1.165) is 29.1 Å². The van der Waals surface area contributed by atoms with Crippen LogP contribution in [0.15, 0.2) is 60.7 Å². The van der Waals surface area contributed by atoms with E-state index in [9.17, 15) is 28.8 Å². The van der Waals surface area contributed by atoms with E-state index in [1.807, 2.05) is 102 Å². The standard InChI is InChI=1S/C40H55N5O7S2/c1-7-15-29(33(47)36(49)41-23-31(46)43-32(27-16-10-8-11-17-27)28-18-12-9-13-19-28)42-35(48)30-22-40(53-20-14-21-54-40)25-45(30)37(50)34(39(4,5)6)44-38(51)52-24-26(2)3/h8-13,16-19,26,29-30,32,34H,7,14-15,20-25H2,1-6H3,(H,41,49)(H,42,48)(H,43,46)(H,44,51)/t29?,30-,34-/m0/s1. The van der Waals surface area contributed by atoms with Gasteiger partial charge in [0, 0.05) is 13.0 Å². The SMILES string of the molecule is CCCC(NC(=O)[C@@H]1CC2(CN1C(=O)[C@H](NC(=O)OCC(C)C)C(C)(C)C)SCCCS2)C(=O)C(=O)NCC(=O)NC(c1ccccc1)c1ccccc1. The number of nitrogens with zero attached hydrogens (tertiary/aromatic N) is 1. The average molecular weight is 782 g/mol. The van der Waals surface area contributed by atoms with E-state index in [1.54, 1.807) is 23.5 Å². The minimum absolute atomic E-state index is 0.107. The molecule has 4 N–H and O–H groups in total. The lowest BCUT2D eigenvalue weighted by molar-refractivity contribution is -0.144. The smallest absolute Gasteiger partial charge is 0.407 e. The Labute approximate surface area is 327 Å². The molecule has 294 valence electrons. The Kier molecular flexibility index (Phi) is 15.4. The summed E-state index contributed by atoms with van der Waals surface area (Å²) in [5.74, 6) is -1.46. The molecule has 2 aromatic rings. The number of Topliss-reactive ketones (excluding diaryl/α,β-unsaturated/α-hetero) is 1. The summed E-state index contributed by atoms with van der Waals surface area (Å²) in [5, 5.41) is 10.9. The lowest BCUT2D eigenvalue weighted by Gasteiger charge is -2.36. The van der Waals surface area contributed by atoms with Crippen molar-refractivity contribution < 1.29 is 33.5 Å². The summed E-state index contributed by atoms with van der Waals surface area (Å²) in [5.41, 5.74) is 0.990. The molecule has 0 bridgehead atoms. The molecular weight excluding hydrogens is 727 g/mol. The van der Waals surface area contributed by atoms with Crippen LogP contribution in [0.1, 0.15) is 84.4 Å². The molecule has 5 amide bonds. The molecule has 2 aromatic carbocycles. The van der Waals surface area contributed by atoms with E-state index in [4.69, 9.17) is 4.74 Å². The van der Waals surface area contributed by atoms with E-state index in [2.05, 4.69) is 21.3 Å². The number of thioether (sulfide) groups is 2. The molecule has 2 heterocycles. The van der Waals surface area contributed by atoms with Crippen molar-refractivity contribution >= 4 is 59.0 Å². The zero-order chi connectivity index (χ0) is 39.5. The average Bonchev–Trinajstić information content (AvgIpc) is 3.52. The van der Waals surface area contributed by atoms with Crippen molar-refractivity contribution in [2.24, 2.45) is 11.3 Å². The first-order chi connectivity index (χ1) is 25.6. The van der Waals surface area contributed by atoms with Crippen LogP contribution in [-0.4, -0.2) is 93.8 Å². The van der Waals surface area contributed by atoms with Gasteiger partial charge < -0.3 is 30.9 Å². The van der Waals surface area contributed by atoms with Gasteiger partial charge in [-0.1, -0.05) is 109 Å². The van der Waals surface area contributed by atoms with Gasteiger partial charge in [-0.25, -0.2) is 4.79 Å². The number of likely N-dealkylation sites (tertiary alicyclic amines) is 1. The number of ether oxygens (including phenoxy) is 1. The molecular formula is C40H55N5O7S2. The van der Waals surface area contributed by atoms with Gasteiger partial charge in [0.25, 0.3) is 5.91 Å². The molecule has 4 rings (SSSR count). The first kappa shape index (κ1) is 42.7. The topological polar surface area (TPSA) is 163 Å². The highest BCUT2D eigenvalue weighted by Gasteiger charge is 2.53. The van der Waals surface area contributed by atoms with E-state index >= 15 is 0 Å². The third kappa shape index (κ3) is 11.7. The van der Waals surface area contributed by atoms with Crippen LogP contribution in [0.2, 0.25) is 0 Å². The predicted octanol–water partition coefficient (Wildman–Crippen LogP) is 4.83. The largest absolute Gasteiger partial charge is 0.449 e. The minimum Gasteiger partial charge on any atom is -0.449 e. The van der Waals surface area contributed by atoms with Gasteiger partial charge in [0.1, 0.15) is 12.1 Å². The highest BCUT2D eigenvalue weighted by Crippen LogP contribution is 2.50. The van der Waals surface area contributed by atoms with Crippen molar-refractivity contribution in [2.45, 2.75) is 95.5 Å². The second kappa shape index (κ2) is 19.5. The number of carbonyl (C=O) groups is 6. The molecule has 0 aromatic heterocycles. The Balaban J connectivity index is 1.46. The number of alkyl carbamates (subject to hydrolysis) is 1. The quantitative estimate of drug-likeness (QED) is 0.186. The van der Waals surface area contributed by atoms with Gasteiger partial charge in [0.05, 0.1) is 29.3 Å². The number of benzene rings is 2. The maximum Gasteiger partial charge on any atom is 0.407 e. The molecule has 2 aliphatic heterocycles. The molecule has 2 aliphatic rings. The van der Waals surface area contributed by atoms with E-state index in [1.165, 1.54) is 4.90 Å². The van der Waals surface area contributed by atoms with Gasteiger partial charge in [-0.3, -0.25) is 24.0 Å². The van der Waals surface area contributed by atoms with Gasteiger partial charge in [0.15, 0.2) is 0 Å². The van der Waals surface area contributed by atoms with Crippen molar-refractivity contribution in [3.63, 3.8) is 0 Å². The molecule has 1 unspecified atom stereocenters. The van der Waals surface area contributed by atoms with Gasteiger partial charge in [-0.15, -0.1) is 23.5 Å². The summed E-state index contributed by atoms with van der Waals surface area (Å²) in [4.78, 5) is 82.6. The Morgan fingerprint density at radius 1 is 0.889 bits per heavy atom. The first-order valence-corrected chi connectivity index (χ1v) is 20.6. The van der Waals surface area contributed by atoms with Crippen molar-refractivity contribution in [3.8, 4) is 0 Å². The maximum absolute atomic E-state index is 14.4. The van der Waals surface area contributed by atoms with Gasteiger partial charge in [-0.05, 0) is 46.8 Å². The van der Waals surface area contributed by atoms with E-state index in [0.29, 0.717) is 12.8 Å². The monoisotopic (exact) mass is 781 g/mol. The second-order valence-electron chi connectivity index (χ2n) is 15.3. The lowest BCUT2D eigenvalue weighted by Crippen LogP contribution is -2.59. The lowest BCUT2D eigenvalue weighted by atomic mass is 9.85. The van der Waals surface area contributed by atoms with E-state index < -0.39 is 75.7 Å². The Bertz CT molecular complexity index is 1570. The van der Waals surface area contributed by atoms with Gasteiger partial charge in [-0.2, -0.15) is 0 Å². The number of rotatable bonds is 15. The normalized spacial score (nSPS) is 17.8. The molecule has 0 radical (unpaired) electrons. The first-order valence-electron chi connectivity index (χ1n) is 18.7. The summed E-state index contributed by atoms with van der Waals surface area (Å²) < 4.78 is 4.91. The number of hydrogen-bond acceptors (Lipinski definition) is 9.